The Morgan fingerprint density at radius 3 is 2.65 bits per heavy atom. The molecular weight excluding hydrogens is 414 g/mol. The van der Waals surface area contributed by atoms with Gasteiger partial charge in [0, 0.05) is 42.9 Å². The number of anilines is 2. The number of hydrogen-bond acceptors (Lipinski definition) is 6. The fraction of sp³-hybridized carbons (Fsp3) is 0.273. The second kappa shape index (κ2) is 8.62. The van der Waals surface area contributed by atoms with Crippen LogP contribution in [0.25, 0.3) is 10.9 Å². The number of piperazine rings is 1. The maximum atomic E-state index is 13.0. The average molecular weight is 440 g/mol. The van der Waals surface area contributed by atoms with E-state index in [2.05, 4.69) is 10.3 Å². The Hall–Kier alpha value is -3.01. The van der Waals surface area contributed by atoms with Crippen LogP contribution >= 0.6 is 0 Å². The molecule has 0 radical (unpaired) electrons. The number of nitrogens with two attached hydrogens (primary N) is 1. The molecule has 8 nitrogen and oxygen atoms in total. The fourth-order valence-electron chi connectivity index (χ4n) is 3.90. The predicted molar refractivity (Wildman–Crippen MR) is 121 cm³/mol. The number of aromatic nitrogens is 1. The second-order valence-electron chi connectivity index (χ2n) is 7.69. The third-order valence-corrected chi connectivity index (χ3v) is 7.45. The molecule has 1 aliphatic rings. The third kappa shape index (κ3) is 4.53. The number of amides is 1. The molecule has 0 spiro atoms. The quantitative estimate of drug-likeness (QED) is 0.590. The van der Waals surface area contributed by atoms with E-state index >= 15 is 0 Å². The highest BCUT2D eigenvalue weighted by molar-refractivity contribution is 7.89. The summed E-state index contributed by atoms with van der Waals surface area (Å²) < 4.78 is 27.5. The van der Waals surface area contributed by atoms with Crippen molar-refractivity contribution < 1.29 is 13.2 Å². The van der Waals surface area contributed by atoms with E-state index in [1.807, 2.05) is 42.2 Å². The third-order valence-electron chi connectivity index (χ3n) is 5.42. The van der Waals surface area contributed by atoms with E-state index in [4.69, 9.17) is 5.73 Å². The second-order valence-corrected chi connectivity index (χ2v) is 9.58. The van der Waals surface area contributed by atoms with Crippen molar-refractivity contribution in [1.29, 1.82) is 0 Å². The minimum atomic E-state index is -3.61. The minimum Gasteiger partial charge on any atom is -0.399 e. The maximum absolute atomic E-state index is 13.0. The zero-order valence-corrected chi connectivity index (χ0v) is 18.0. The molecule has 2 heterocycles. The Bertz CT molecular complexity index is 1190. The summed E-state index contributed by atoms with van der Waals surface area (Å²) in [5.74, 6) is -0.140. The first-order valence-electron chi connectivity index (χ1n) is 10.1. The van der Waals surface area contributed by atoms with Gasteiger partial charge >= 0.3 is 0 Å². The molecule has 2 aromatic carbocycles. The molecule has 1 aromatic heterocycles. The fourth-order valence-corrected chi connectivity index (χ4v) is 5.51. The molecule has 0 saturated carbocycles. The molecule has 0 bridgehead atoms. The van der Waals surface area contributed by atoms with Crippen LogP contribution in [0, 0.1) is 0 Å². The van der Waals surface area contributed by atoms with Gasteiger partial charge in [-0.25, -0.2) is 8.42 Å². The van der Waals surface area contributed by atoms with Crippen molar-refractivity contribution in [2.45, 2.75) is 17.9 Å². The van der Waals surface area contributed by atoms with Crippen LogP contribution in [0.5, 0.6) is 0 Å². The highest BCUT2D eigenvalue weighted by Crippen LogP contribution is 2.23. The number of nitrogens with one attached hydrogen (secondary N) is 1. The summed E-state index contributed by atoms with van der Waals surface area (Å²) in [7, 11) is -3.61. The normalized spacial score (nSPS) is 18.2. The molecule has 1 amide bonds. The largest absolute Gasteiger partial charge is 0.399 e. The summed E-state index contributed by atoms with van der Waals surface area (Å²) in [5.41, 5.74) is 7.72. The molecule has 1 atom stereocenters. The van der Waals surface area contributed by atoms with Crippen molar-refractivity contribution in [2.75, 3.05) is 37.2 Å². The van der Waals surface area contributed by atoms with E-state index in [-0.39, 0.29) is 23.4 Å². The van der Waals surface area contributed by atoms with Gasteiger partial charge in [-0.15, -0.1) is 0 Å². The van der Waals surface area contributed by atoms with Gasteiger partial charge in [0.1, 0.15) is 0 Å². The molecular formula is C22H25N5O3S. The average Bonchev–Trinajstić information content (AvgIpc) is 2.74. The molecule has 0 unspecified atom stereocenters. The number of hydrogen-bond donors (Lipinski definition) is 2. The zero-order valence-electron chi connectivity index (χ0n) is 17.2. The number of pyridine rings is 1. The lowest BCUT2D eigenvalue weighted by Gasteiger charge is -2.38. The number of benzene rings is 2. The molecule has 31 heavy (non-hydrogen) atoms. The number of carbonyl (C=O) groups is 1. The van der Waals surface area contributed by atoms with Gasteiger partial charge in [-0.3, -0.25) is 14.7 Å². The van der Waals surface area contributed by atoms with E-state index < -0.39 is 10.0 Å². The number of nitrogens with zero attached hydrogens (tertiary/aromatic N) is 3. The summed E-state index contributed by atoms with van der Waals surface area (Å²) in [6.45, 7) is 3.31. The lowest BCUT2D eigenvalue weighted by molar-refractivity contribution is -0.117. The van der Waals surface area contributed by atoms with Gasteiger partial charge in [0.2, 0.25) is 15.9 Å². The predicted octanol–water partition coefficient (Wildman–Crippen LogP) is 2.15. The zero-order chi connectivity index (χ0) is 22.0. The monoisotopic (exact) mass is 439 g/mol. The molecule has 1 fully saturated rings. The van der Waals surface area contributed by atoms with E-state index in [9.17, 15) is 13.2 Å². The highest BCUT2D eigenvalue weighted by Gasteiger charge is 2.34. The van der Waals surface area contributed by atoms with Crippen LogP contribution in [0.2, 0.25) is 0 Å². The van der Waals surface area contributed by atoms with Crippen LogP contribution in [0.4, 0.5) is 11.4 Å². The maximum Gasteiger partial charge on any atom is 0.243 e. The van der Waals surface area contributed by atoms with Crippen molar-refractivity contribution in [2.24, 2.45) is 0 Å². The van der Waals surface area contributed by atoms with Crippen LogP contribution in [0.15, 0.2) is 65.7 Å². The van der Waals surface area contributed by atoms with E-state index in [0.29, 0.717) is 31.0 Å². The minimum absolute atomic E-state index is 0.140. The number of sulfonamides is 1. The SMILES string of the molecule is C[C@@H]1CN(CC(=O)Nc2cccc3ncccc23)CCN1S(=O)(=O)c1ccc(N)cc1. The topological polar surface area (TPSA) is 109 Å². The number of rotatable bonds is 5. The summed E-state index contributed by atoms with van der Waals surface area (Å²) in [5, 5.41) is 3.84. The van der Waals surface area contributed by atoms with Crippen molar-refractivity contribution in [3.05, 3.63) is 60.8 Å². The molecule has 1 aliphatic heterocycles. The van der Waals surface area contributed by atoms with Crippen LogP contribution in [-0.4, -0.2) is 60.7 Å². The van der Waals surface area contributed by atoms with E-state index in [1.54, 1.807) is 18.3 Å². The van der Waals surface area contributed by atoms with Gasteiger partial charge in [0.05, 0.1) is 22.6 Å². The lowest BCUT2D eigenvalue weighted by atomic mass is 10.2. The van der Waals surface area contributed by atoms with Crippen LogP contribution in [0.3, 0.4) is 0 Å². The van der Waals surface area contributed by atoms with Crippen molar-refractivity contribution in [3.63, 3.8) is 0 Å². The van der Waals surface area contributed by atoms with E-state index in [1.165, 1.54) is 16.4 Å². The lowest BCUT2D eigenvalue weighted by Crippen LogP contribution is -2.55. The first-order valence-corrected chi connectivity index (χ1v) is 11.5. The molecule has 9 heteroatoms. The number of carbonyl (C=O) groups excluding carboxylic acids is 1. The van der Waals surface area contributed by atoms with Crippen LogP contribution in [-0.2, 0) is 14.8 Å². The van der Waals surface area contributed by atoms with Crippen molar-refractivity contribution >= 4 is 38.2 Å². The molecule has 1 saturated heterocycles. The Labute approximate surface area is 181 Å². The molecule has 3 N–H and O–H groups in total. The van der Waals surface area contributed by atoms with Crippen molar-refractivity contribution in [3.8, 4) is 0 Å². The molecule has 0 aliphatic carbocycles. The summed E-state index contributed by atoms with van der Waals surface area (Å²) in [6.07, 6.45) is 1.72. The van der Waals surface area contributed by atoms with Gasteiger partial charge < -0.3 is 11.1 Å². The number of fused-ring (bicyclic) bond motifs is 1. The standard InChI is InChI=1S/C22H25N5O3S/c1-16-14-26(12-13-27(16)31(29,30)18-9-7-17(23)8-10-18)15-22(28)25-21-6-2-5-20-19(21)4-3-11-24-20/h2-11,16H,12-15,23H2,1H3,(H,25,28)/t16-/m1/s1. The highest BCUT2D eigenvalue weighted by atomic mass is 32.2. The van der Waals surface area contributed by atoms with Gasteiger partial charge in [-0.2, -0.15) is 4.31 Å². The molecule has 3 aromatic rings. The van der Waals surface area contributed by atoms with Crippen molar-refractivity contribution in [1.82, 2.24) is 14.2 Å². The molecule has 4 rings (SSSR count). The van der Waals surface area contributed by atoms with Gasteiger partial charge in [-0.05, 0) is 55.5 Å². The van der Waals surface area contributed by atoms with E-state index in [0.717, 1.165) is 10.9 Å². The van der Waals surface area contributed by atoms with Crippen LogP contribution < -0.4 is 11.1 Å². The Morgan fingerprint density at radius 1 is 1.13 bits per heavy atom. The molecule has 162 valence electrons. The Kier molecular flexibility index (Phi) is 5.90. The Balaban J connectivity index is 1.40. The smallest absolute Gasteiger partial charge is 0.243 e. The first kappa shape index (κ1) is 21.2. The summed E-state index contributed by atoms with van der Waals surface area (Å²) in [6, 6.07) is 15.3. The Morgan fingerprint density at radius 2 is 1.90 bits per heavy atom. The van der Waals surface area contributed by atoms with Gasteiger partial charge in [0.15, 0.2) is 0 Å². The first-order chi connectivity index (χ1) is 14.8. The van der Waals surface area contributed by atoms with Crippen LogP contribution in [0.1, 0.15) is 6.92 Å². The summed E-state index contributed by atoms with van der Waals surface area (Å²) >= 11 is 0. The van der Waals surface area contributed by atoms with Gasteiger partial charge in [0.25, 0.3) is 0 Å². The summed E-state index contributed by atoms with van der Waals surface area (Å²) in [4.78, 5) is 19.1. The van der Waals surface area contributed by atoms with Gasteiger partial charge in [-0.1, -0.05) is 6.07 Å². The number of nitrogen functional groups attached to an aromatic ring is 1.